The van der Waals surface area contributed by atoms with Crippen LogP contribution in [-0.2, 0) is 42.5 Å². The monoisotopic (exact) mass is 869 g/mol. The van der Waals surface area contributed by atoms with Gasteiger partial charge in [-0.15, -0.1) is 0 Å². The standard InChI is InChI=1S/C48H59NO10SSi/c1-32-18-20-36(21-19-32)60(53,54)57-39-29-45-30-40(51)47-44(6)24-23-35(58-61(43(3,4)5,37-14-10-8-11-15-37)38-16-12-9-13-17-38)28-34(44)22-25-46(47,59-47)48(45,41(39)42(52)55-7)56-27-26-49(31-45)33(2)50/h8-21,34-35,40,51H,22-31H2,1-7H3/t34-,35+,40-,44+,45+,46-,47+,48-/m1/s1. The number of aryl methyl sites for hydroxylation is 1. The Labute approximate surface area is 361 Å². The molecule has 0 bridgehead atoms. The second kappa shape index (κ2) is 14.3. The number of ether oxygens (including phenoxy) is 3. The van der Waals surface area contributed by atoms with Crippen molar-refractivity contribution in [2.24, 2.45) is 16.7 Å². The van der Waals surface area contributed by atoms with E-state index in [4.69, 9.17) is 22.8 Å². The molecule has 0 spiro atoms. The van der Waals surface area contributed by atoms with Crippen LogP contribution in [0.2, 0.25) is 5.04 Å². The second-order valence-electron chi connectivity index (χ2n) is 19.8. The highest BCUT2D eigenvalue weighted by Gasteiger charge is 2.96. The van der Waals surface area contributed by atoms with Gasteiger partial charge in [-0.3, -0.25) is 4.79 Å². The number of aliphatic hydroxyl groups is 1. The topological polar surface area (TPSA) is 141 Å². The molecule has 3 aromatic carbocycles. The lowest BCUT2D eigenvalue weighted by Gasteiger charge is -2.62. The minimum Gasteiger partial charge on any atom is -0.465 e. The molecule has 6 aliphatic rings. The zero-order valence-electron chi connectivity index (χ0n) is 36.4. The molecule has 8 atom stereocenters. The SMILES string of the molecule is COC(=O)C1=C(OS(=O)(=O)c2ccc(C)cc2)C[C@@]23C[C@@H](O)[C@@]45O[C@@]4(CC[C@@H]4C[C@@H](O[Si](c6ccccc6)(c6ccccc6)C(C)(C)C)CC[C@@]45C)[C@@]12OCCN(C(C)=O)C3. The number of rotatable bonds is 8. The van der Waals surface area contributed by atoms with Gasteiger partial charge in [0.2, 0.25) is 5.91 Å². The van der Waals surface area contributed by atoms with Gasteiger partial charge in [-0.05, 0) is 78.9 Å². The summed E-state index contributed by atoms with van der Waals surface area (Å²) < 4.78 is 61.8. The van der Waals surface area contributed by atoms with Gasteiger partial charge in [0.05, 0.1) is 19.8 Å². The lowest BCUT2D eigenvalue weighted by molar-refractivity contribution is -0.196. The highest BCUT2D eigenvalue weighted by atomic mass is 32.2. The maximum Gasteiger partial charge on any atom is 0.340 e. The number of carbonyl (C=O) groups is 2. The molecule has 326 valence electrons. The molecule has 11 nitrogen and oxygen atoms in total. The molecule has 61 heavy (non-hydrogen) atoms. The largest absolute Gasteiger partial charge is 0.465 e. The third-order valence-electron chi connectivity index (χ3n) is 15.8. The van der Waals surface area contributed by atoms with E-state index in [1.165, 1.54) is 36.5 Å². The maximum absolute atomic E-state index is 14.4. The molecule has 0 unspecified atom stereocenters. The number of allylic oxidation sites excluding steroid dienone is 1. The summed E-state index contributed by atoms with van der Waals surface area (Å²) in [7, 11) is -6.05. The average Bonchev–Trinajstić information content (AvgIpc) is 3.93. The van der Waals surface area contributed by atoms with Crippen molar-refractivity contribution < 1.29 is 45.9 Å². The summed E-state index contributed by atoms with van der Waals surface area (Å²) in [6.07, 6.45) is 2.20. The Morgan fingerprint density at radius 2 is 1.57 bits per heavy atom. The van der Waals surface area contributed by atoms with Crippen molar-refractivity contribution in [3.8, 4) is 0 Å². The number of aliphatic hydroxyl groups excluding tert-OH is 1. The number of epoxide rings is 1. The summed E-state index contributed by atoms with van der Waals surface area (Å²) >= 11 is 0. The van der Waals surface area contributed by atoms with Crippen LogP contribution in [0.4, 0.5) is 0 Å². The van der Waals surface area contributed by atoms with E-state index in [1.54, 1.807) is 17.0 Å². The van der Waals surface area contributed by atoms with Gasteiger partial charge < -0.3 is 32.8 Å². The summed E-state index contributed by atoms with van der Waals surface area (Å²) in [5.74, 6) is -0.981. The van der Waals surface area contributed by atoms with E-state index < -0.39 is 58.1 Å². The highest BCUT2D eigenvalue weighted by Crippen LogP contribution is 2.83. The Balaban J connectivity index is 1.13. The molecule has 13 heteroatoms. The maximum atomic E-state index is 14.4. The number of carbonyl (C=O) groups excluding carboxylic acids is 2. The Morgan fingerprint density at radius 1 is 0.934 bits per heavy atom. The van der Waals surface area contributed by atoms with Crippen LogP contribution in [0, 0.1) is 23.7 Å². The molecule has 9 rings (SSSR count). The van der Waals surface area contributed by atoms with E-state index in [0.717, 1.165) is 18.4 Å². The van der Waals surface area contributed by atoms with Crippen molar-refractivity contribution in [2.75, 3.05) is 26.8 Å². The third-order valence-corrected chi connectivity index (χ3v) is 22.2. The number of esters is 1. The first kappa shape index (κ1) is 42.4. The molecule has 1 N–H and O–H groups in total. The fraction of sp³-hybridized carbons (Fsp3) is 0.542. The number of fused-ring (bicyclic) bond motifs is 1. The smallest absolute Gasteiger partial charge is 0.340 e. The Bertz CT molecular complexity index is 2330. The molecule has 0 aromatic heterocycles. The van der Waals surface area contributed by atoms with E-state index >= 15 is 0 Å². The molecule has 3 saturated carbocycles. The molecule has 1 amide bonds. The summed E-state index contributed by atoms with van der Waals surface area (Å²) in [5, 5.41) is 15.1. The Morgan fingerprint density at radius 3 is 2.16 bits per heavy atom. The van der Waals surface area contributed by atoms with E-state index in [1.807, 2.05) is 19.1 Å². The molecule has 4 aliphatic carbocycles. The van der Waals surface area contributed by atoms with Gasteiger partial charge >= 0.3 is 16.1 Å². The number of methoxy groups -OCH3 is 1. The summed E-state index contributed by atoms with van der Waals surface area (Å²) in [5.41, 5.74) is -4.90. The van der Waals surface area contributed by atoms with Crippen LogP contribution in [0.1, 0.15) is 85.1 Å². The summed E-state index contributed by atoms with van der Waals surface area (Å²) in [6, 6.07) is 27.7. The molecular weight excluding hydrogens is 811 g/mol. The van der Waals surface area contributed by atoms with Crippen LogP contribution in [-0.4, -0.2) is 94.4 Å². The molecule has 2 aliphatic heterocycles. The van der Waals surface area contributed by atoms with Crippen molar-refractivity contribution in [3.05, 3.63) is 102 Å². The van der Waals surface area contributed by atoms with Gasteiger partial charge in [-0.1, -0.05) is 106 Å². The molecule has 2 heterocycles. The molecule has 5 fully saturated rings. The number of amides is 1. The molecule has 3 aromatic rings. The second-order valence-corrected chi connectivity index (χ2v) is 25.6. The van der Waals surface area contributed by atoms with Gasteiger partial charge in [-0.25, -0.2) is 4.79 Å². The fourth-order valence-corrected chi connectivity index (χ4v) is 19.0. The first-order chi connectivity index (χ1) is 28.9. The van der Waals surface area contributed by atoms with Gasteiger partial charge in [0, 0.05) is 43.4 Å². The lowest BCUT2D eigenvalue weighted by Crippen LogP contribution is -2.74. The Hall–Kier alpha value is -3.85. The van der Waals surface area contributed by atoms with Gasteiger partial charge in [0.1, 0.15) is 33.0 Å². The zero-order valence-corrected chi connectivity index (χ0v) is 38.2. The zero-order chi connectivity index (χ0) is 43.4. The van der Waals surface area contributed by atoms with E-state index in [9.17, 15) is 23.1 Å². The number of benzene rings is 3. The van der Waals surface area contributed by atoms with Gasteiger partial charge in [0.15, 0.2) is 0 Å². The van der Waals surface area contributed by atoms with Crippen molar-refractivity contribution in [2.45, 2.75) is 125 Å². The Kier molecular flexibility index (Phi) is 9.97. The normalized spacial score (nSPS) is 34.5. The fourth-order valence-electron chi connectivity index (χ4n) is 13.3. The summed E-state index contributed by atoms with van der Waals surface area (Å²) in [4.78, 5) is 29.3. The lowest BCUT2D eigenvalue weighted by atomic mass is 9.42. The van der Waals surface area contributed by atoms with Crippen molar-refractivity contribution in [1.29, 1.82) is 0 Å². The predicted octanol–water partition coefficient (Wildman–Crippen LogP) is 5.95. The predicted molar refractivity (Wildman–Crippen MR) is 231 cm³/mol. The van der Waals surface area contributed by atoms with E-state index in [-0.39, 0.29) is 71.7 Å². The van der Waals surface area contributed by atoms with Crippen molar-refractivity contribution >= 4 is 40.7 Å². The molecular formula is C48H59NO10SSi. The van der Waals surface area contributed by atoms with Gasteiger partial charge in [0.25, 0.3) is 8.32 Å². The third kappa shape index (κ3) is 5.75. The number of nitrogens with zero attached hydrogens (tertiary/aromatic N) is 1. The van der Waals surface area contributed by atoms with E-state index in [2.05, 4.69) is 76.2 Å². The van der Waals surface area contributed by atoms with Crippen molar-refractivity contribution in [1.82, 2.24) is 4.90 Å². The van der Waals surface area contributed by atoms with Crippen LogP contribution in [0.5, 0.6) is 0 Å². The minimum absolute atomic E-state index is 0.0318. The highest BCUT2D eigenvalue weighted by molar-refractivity contribution is 7.86. The summed E-state index contributed by atoms with van der Waals surface area (Å²) in [6.45, 7) is 12.9. The molecule has 2 saturated heterocycles. The number of hydrogen-bond acceptors (Lipinski definition) is 10. The molecule has 0 radical (unpaired) electrons. The van der Waals surface area contributed by atoms with Crippen LogP contribution in [0.25, 0.3) is 0 Å². The first-order valence-corrected chi connectivity index (χ1v) is 25.1. The van der Waals surface area contributed by atoms with Crippen LogP contribution < -0.4 is 10.4 Å². The minimum atomic E-state index is -4.44. The van der Waals surface area contributed by atoms with Crippen molar-refractivity contribution in [3.63, 3.8) is 0 Å². The number of hydrogen-bond donors (Lipinski definition) is 1. The first-order valence-electron chi connectivity index (χ1n) is 21.8. The quantitative estimate of drug-likeness (QED) is 0.125. The van der Waals surface area contributed by atoms with E-state index in [0.29, 0.717) is 19.3 Å². The van der Waals surface area contributed by atoms with Crippen LogP contribution >= 0.6 is 0 Å². The van der Waals surface area contributed by atoms with Crippen LogP contribution in [0.3, 0.4) is 0 Å². The van der Waals surface area contributed by atoms with Gasteiger partial charge in [-0.2, -0.15) is 8.42 Å². The van der Waals surface area contributed by atoms with Crippen LogP contribution in [0.15, 0.2) is 101 Å². The average molecular weight is 870 g/mol.